The number of ether oxygens (including phenoxy) is 1. The van der Waals surface area contributed by atoms with Crippen LogP contribution in [0.15, 0.2) is 0 Å². The van der Waals surface area contributed by atoms with Crippen molar-refractivity contribution in [2.24, 2.45) is 0 Å². The number of nitrogens with zero attached hydrogens (tertiary/aromatic N) is 1. The van der Waals surface area contributed by atoms with Crippen molar-refractivity contribution in [3.8, 4) is 0 Å². The highest BCUT2D eigenvalue weighted by Gasteiger charge is 2.19. The molecule has 0 radical (unpaired) electrons. The first-order valence-corrected chi connectivity index (χ1v) is 6.34. The Balaban J connectivity index is 2.02. The molecule has 1 aliphatic rings. The van der Waals surface area contributed by atoms with Crippen LogP contribution in [0.2, 0.25) is 0 Å². The van der Waals surface area contributed by atoms with Gasteiger partial charge in [-0.25, -0.2) is 4.79 Å². The van der Waals surface area contributed by atoms with Gasteiger partial charge >= 0.3 is 6.03 Å². The van der Waals surface area contributed by atoms with Gasteiger partial charge in [-0.3, -0.25) is 0 Å². The Kier molecular flexibility index (Phi) is 6.29. The lowest BCUT2D eigenvalue weighted by Crippen LogP contribution is -2.42. The second-order valence-electron chi connectivity index (χ2n) is 4.79. The minimum absolute atomic E-state index is 0.0325. The summed E-state index contributed by atoms with van der Waals surface area (Å²) in [4.78, 5) is 12.8. The average Bonchev–Trinajstić information content (AvgIpc) is 2.35. The van der Waals surface area contributed by atoms with Crippen molar-refractivity contribution in [1.29, 1.82) is 0 Å². The summed E-state index contributed by atoms with van der Waals surface area (Å²) < 4.78 is 5.33. The van der Waals surface area contributed by atoms with Crippen molar-refractivity contribution in [3.05, 3.63) is 0 Å². The number of carbonyl (C=O) groups is 1. The highest BCUT2D eigenvalue weighted by Crippen LogP contribution is 2.20. The highest BCUT2D eigenvalue weighted by molar-refractivity contribution is 5.73. The van der Waals surface area contributed by atoms with Crippen LogP contribution in [-0.4, -0.2) is 57.4 Å². The molecule has 1 saturated carbocycles. The van der Waals surface area contributed by atoms with E-state index in [1.54, 1.807) is 26.1 Å². The quantitative estimate of drug-likeness (QED) is 0.702. The number of hydrogen-bond acceptors (Lipinski definition) is 3. The zero-order valence-electron chi connectivity index (χ0n) is 11.2. The van der Waals surface area contributed by atoms with E-state index < -0.39 is 0 Å². The Morgan fingerprint density at radius 2 is 1.88 bits per heavy atom. The molecule has 5 heteroatoms. The van der Waals surface area contributed by atoms with Gasteiger partial charge in [0.1, 0.15) is 0 Å². The molecule has 0 aromatic heterocycles. The third-order valence-electron chi connectivity index (χ3n) is 3.25. The molecule has 0 aromatic carbocycles. The lowest BCUT2D eigenvalue weighted by molar-refractivity contribution is 0.0627. The maximum atomic E-state index is 11.2. The van der Waals surface area contributed by atoms with Crippen LogP contribution in [0.25, 0.3) is 0 Å². The Morgan fingerprint density at radius 3 is 2.41 bits per heavy atom. The van der Waals surface area contributed by atoms with E-state index in [0.29, 0.717) is 18.7 Å². The van der Waals surface area contributed by atoms with Crippen LogP contribution in [-0.2, 0) is 4.74 Å². The van der Waals surface area contributed by atoms with Crippen molar-refractivity contribution < 1.29 is 9.53 Å². The first-order valence-electron chi connectivity index (χ1n) is 6.34. The summed E-state index contributed by atoms with van der Waals surface area (Å²) in [5.41, 5.74) is 0. The molecule has 5 nitrogen and oxygen atoms in total. The number of nitrogens with one attached hydrogen (secondary N) is 2. The summed E-state index contributed by atoms with van der Waals surface area (Å²) in [6.07, 6.45) is 5.05. The fourth-order valence-electron chi connectivity index (χ4n) is 2.11. The van der Waals surface area contributed by atoms with Crippen LogP contribution >= 0.6 is 0 Å². The van der Waals surface area contributed by atoms with Crippen LogP contribution < -0.4 is 10.6 Å². The minimum atomic E-state index is -0.0325. The molecule has 1 fully saturated rings. The van der Waals surface area contributed by atoms with Crippen molar-refractivity contribution in [2.75, 3.05) is 34.3 Å². The Hall–Kier alpha value is -0.810. The Bertz CT molecular complexity index is 226. The number of rotatable bonds is 5. The van der Waals surface area contributed by atoms with E-state index in [0.717, 1.165) is 19.4 Å². The van der Waals surface area contributed by atoms with Gasteiger partial charge in [-0.2, -0.15) is 0 Å². The molecular formula is C12H25N3O2. The maximum Gasteiger partial charge on any atom is 0.316 e. The maximum absolute atomic E-state index is 11.2. The van der Waals surface area contributed by atoms with Gasteiger partial charge in [0.25, 0.3) is 0 Å². The molecular weight excluding hydrogens is 218 g/mol. The average molecular weight is 243 g/mol. The summed E-state index contributed by atoms with van der Waals surface area (Å²) in [5.74, 6) is 0. The van der Waals surface area contributed by atoms with E-state index in [2.05, 4.69) is 10.6 Å². The number of urea groups is 1. The second kappa shape index (κ2) is 7.50. The predicted octanol–water partition coefficient (Wildman–Crippen LogP) is 0.805. The Morgan fingerprint density at radius 1 is 1.24 bits per heavy atom. The van der Waals surface area contributed by atoms with Gasteiger partial charge in [-0.05, 0) is 25.7 Å². The lowest BCUT2D eigenvalue weighted by atomic mass is 9.93. The molecule has 0 spiro atoms. The SMILES string of the molecule is COC1CCC(NCCNC(=O)N(C)C)CC1. The molecule has 2 N–H and O–H groups in total. The minimum Gasteiger partial charge on any atom is -0.381 e. The van der Waals surface area contributed by atoms with E-state index in [4.69, 9.17) is 4.74 Å². The summed E-state index contributed by atoms with van der Waals surface area (Å²) >= 11 is 0. The molecule has 0 heterocycles. The molecule has 0 aliphatic heterocycles. The number of methoxy groups -OCH3 is 1. The molecule has 1 rings (SSSR count). The molecule has 0 saturated heterocycles. The van der Waals surface area contributed by atoms with E-state index in [1.165, 1.54) is 12.8 Å². The van der Waals surface area contributed by atoms with E-state index in [1.807, 2.05) is 0 Å². The van der Waals surface area contributed by atoms with Gasteiger partial charge in [0, 0.05) is 40.3 Å². The smallest absolute Gasteiger partial charge is 0.316 e. The predicted molar refractivity (Wildman–Crippen MR) is 68.1 cm³/mol. The summed E-state index contributed by atoms with van der Waals surface area (Å²) in [5, 5.41) is 6.31. The van der Waals surface area contributed by atoms with Gasteiger partial charge in [-0.15, -0.1) is 0 Å². The van der Waals surface area contributed by atoms with E-state index >= 15 is 0 Å². The van der Waals surface area contributed by atoms with Gasteiger partial charge in [0.2, 0.25) is 0 Å². The first kappa shape index (κ1) is 14.3. The molecule has 0 bridgehead atoms. The van der Waals surface area contributed by atoms with Crippen LogP contribution in [0.4, 0.5) is 4.79 Å². The van der Waals surface area contributed by atoms with Crippen LogP contribution in [0.5, 0.6) is 0 Å². The third-order valence-corrected chi connectivity index (χ3v) is 3.25. The van der Waals surface area contributed by atoms with E-state index in [9.17, 15) is 4.79 Å². The zero-order chi connectivity index (χ0) is 12.7. The van der Waals surface area contributed by atoms with Crippen LogP contribution in [0, 0.1) is 0 Å². The largest absolute Gasteiger partial charge is 0.381 e. The van der Waals surface area contributed by atoms with Crippen molar-refractivity contribution in [3.63, 3.8) is 0 Å². The second-order valence-corrected chi connectivity index (χ2v) is 4.79. The molecule has 17 heavy (non-hydrogen) atoms. The lowest BCUT2D eigenvalue weighted by Gasteiger charge is -2.28. The van der Waals surface area contributed by atoms with Crippen molar-refractivity contribution in [2.45, 2.75) is 37.8 Å². The molecule has 2 amide bonds. The number of hydrogen-bond donors (Lipinski definition) is 2. The number of amides is 2. The Labute approximate surface area is 104 Å². The first-order chi connectivity index (χ1) is 8.13. The fraction of sp³-hybridized carbons (Fsp3) is 0.917. The van der Waals surface area contributed by atoms with Gasteiger partial charge in [-0.1, -0.05) is 0 Å². The third kappa shape index (κ3) is 5.37. The monoisotopic (exact) mass is 243 g/mol. The van der Waals surface area contributed by atoms with Gasteiger partial charge in [0.05, 0.1) is 6.10 Å². The summed E-state index contributed by atoms with van der Waals surface area (Å²) in [7, 11) is 5.28. The molecule has 100 valence electrons. The van der Waals surface area contributed by atoms with Crippen molar-refractivity contribution in [1.82, 2.24) is 15.5 Å². The summed E-state index contributed by atoms with van der Waals surface area (Å²) in [6, 6.07) is 0.549. The van der Waals surface area contributed by atoms with Crippen molar-refractivity contribution >= 4 is 6.03 Å². The van der Waals surface area contributed by atoms with Crippen LogP contribution in [0.3, 0.4) is 0 Å². The topological polar surface area (TPSA) is 53.6 Å². The van der Waals surface area contributed by atoms with Gasteiger partial charge in [0.15, 0.2) is 0 Å². The summed E-state index contributed by atoms with van der Waals surface area (Å²) in [6.45, 7) is 1.52. The van der Waals surface area contributed by atoms with Crippen LogP contribution in [0.1, 0.15) is 25.7 Å². The molecule has 1 aliphatic carbocycles. The molecule has 0 aromatic rings. The molecule has 0 unspecified atom stereocenters. The number of carbonyl (C=O) groups excluding carboxylic acids is 1. The normalized spacial score (nSPS) is 24.4. The zero-order valence-corrected chi connectivity index (χ0v) is 11.2. The fourth-order valence-corrected chi connectivity index (χ4v) is 2.11. The highest BCUT2D eigenvalue weighted by atomic mass is 16.5. The standard InChI is InChI=1S/C12H25N3O2/c1-15(2)12(16)14-9-8-13-10-4-6-11(17-3)7-5-10/h10-11,13H,4-9H2,1-3H3,(H,14,16). The molecule has 0 atom stereocenters. The van der Waals surface area contributed by atoms with Gasteiger partial charge < -0.3 is 20.3 Å². The van der Waals surface area contributed by atoms with E-state index in [-0.39, 0.29) is 6.03 Å².